The molecule has 0 aromatic heterocycles. The summed E-state index contributed by atoms with van der Waals surface area (Å²) in [4.78, 5) is 8.00. The van der Waals surface area contributed by atoms with Crippen LogP contribution in [0.25, 0.3) is 0 Å². The van der Waals surface area contributed by atoms with Crippen molar-refractivity contribution in [1.82, 2.24) is 10.4 Å². The molecule has 0 bridgehead atoms. The van der Waals surface area contributed by atoms with Crippen molar-refractivity contribution in [3.05, 3.63) is 35.7 Å². The normalized spacial score (nSPS) is 20.6. The fourth-order valence-electron chi connectivity index (χ4n) is 2.72. The van der Waals surface area contributed by atoms with Gasteiger partial charge in [-0.05, 0) is 45.0 Å². The molecule has 0 spiro atoms. The van der Waals surface area contributed by atoms with Crippen molar-refractivity contribution in [2.24, 2.45) is 0 Å². The van der Waals surface area contributed by atoms with Crippen LogP contribution in [0.15, 0.2) is 35.7 Å². The molecule has 1 N–H and O–H groups in total. The highest BCUT2D eigenvalue weighted by Gasteiger charge is 2.17. The van der Waals surface area contributed by atoms with Gasteiger partial charge in [-0.2, -0.15) is 0 Å². The summed E-state index contributed by atoms with van der Waals surface area (Å²) in [5, 5.41) is 0. The zero-order valence-electron chi connectivity index (χ0n) is 13.1. The minimum Gasteiger partial charge on any atom is -0.482 e. The molecule has 22 heavy (non-hydrogen) atoms. The number of likely N-dealkylation sites (tertiary alicyclic amines) is 1. The molecule has 5 nitrogen and oxygen atoms in total. The molecule has 1 aromatic rings. The predicted octanol–water partition coefficient (Wildman–Crippen LogP) is 2.70. The number of hydrogen-bond donors (Lipinski definition) is 1. The number of hydroxylamine groups is 1. The van der Waals surface area contributed by atoms with Crippen LogP contribution in [0.1, 0.15) is 26.2 Å². The molecular weight excluding hydrogens is 280 g/mol. The average Bonchev–Trinajstić information content (AvgIpc) is 2.59. The molecule has 0 radical (unpaired) electrons. The van der Waals surface area contributed by atoms with Gasteiger partial charge in [-0.1, -0.05) is 18.6 Å². The Kier molecular flexibility index (Phi) is 5.19. The summed E-state index contributed by atoms with van der Waals surface area (Å²) in [6.07, 6.45) is 3.97. The van der Waals surface area contributed by atoms with Crippen molar-refractivity contribution >= 4 is 0 Å². The van der Waals surface area contributed by atoms with Gasteiger partial charge in [0.15, 0.2) is 17.3 Å². The molecule has 1 fully saturated rings. The molecule has 2 aliphatic heterocycles. The van der Waals surface area contributed by atoms with Crippen LogP contribution in [-0.4, -0.2) is 37.7 Å². The van der Waals surface area contributed by atoms with E-state index in [1.54, 1.807) is 0 Å². The number of nitrogens with zero attached hydrogens (tertiary/aromatic N) is 1. The van der Waals surface area contributed by atoms with Gasteiger partial charge in [0, 0.05) is 6.54 Å². The van der Waals surface area contributed by atoms with Crippen molar-refractivity contribution < 1.29 is 14.3 Å². The number of fused-ring (bicyclic) bond motifs is 1. The zero-order valence-corrected chi connectivity index (χ0v) is 13.1. The first-order valence-corrected chi connectivity index (χ1v) is 8.02. The van der Waals surface area contributed by atoms with Crippen molar-refractivity contribution in [1.29, 1.82) is 0 Å². The van der Waals surface area contributed by atoms with Gasteiger partial charge in [0.25, 0.3) is 0 Å². The third-order valence-electron chi connectivity index (χ3n) is 4.04. The van der Waals surface area contributed by atoms with E-state index in [1.165, 1.54) is 32.4 Å². The first-order valence-electron chi connectivity index (χ1n) is 8.02. The van der Waals surface area contributed by atoms with E-state index in [-0.39, 0.29) is 0 Å². The Hall–Kier alpha value is -1.72. The standard InChI is InChI=1S/C17H24N2O3/c1-14(18-21-12-11-19-9-5-2-6-10-19)17-13-20-15-7-3-4-8-16(15)22-17/h3-4,7-8,18H,2,5-6,9-13H2,1H3/b17-14+. The van der Waals surface area contributed by atoms with E-state index in [4.69, 9.17) is 14.3 Å². The number of allylic oxidation sites excluding steroid dienone is 1. The Bertz CT molecular complexity index is 524. The van der Waals surface area contributed by atoms with Gasteiger partial charge in [-0.25, -0.2) is 0 Å². The lowest BCUT2D eigenvalue weighted by molar-refractivity contribution is 0.0378. The molecule has 5 heteroatoms. The van der Waals surface area contributed by atoms with Gasteiger partial charge in [0.05, 0.1) is 12.3 Å². The Morgan fingerprint density at radius 2 is 1.95 bits per heavy atom. The minimum atomic E-state index is 0.422. The van der Waals surface area contributed by atoms with E-state index in [9.17, 15) is 0 Å². The topological polar surface area (TPSA) is 43.0 Å². The van der Waals surface area contributed by atoms with Crippen LogP contribution in [0.4, 0.5) is 0 Å². The zero-order chi connectivity index (χ0) is 15.2. The summed E-state index contributed by atoms with van der Waals surface area (Å²) in [5.41, 5.74) is 3.83. The lowest BCUT2D eigenvalue weighted by Crippen LogP contribution is -2.34. The summed E-state index contributed by atoms with van der Waals surface area (Å²) < 4.78 is 11.5. The second kappa shape index (κ2) is 7.51. The molecule has 0 atom stereocenters. The van der Waals surface area contributed by atoms with Gasteiger partial charge < -0.3 is 14.4 Å². The third-order valence-corrected chi connectivity index (χ3v) is 4.04. The highest BCUT2D eigenvalue weighted by atomic mass is 16.6. The van der Waals surface area contributed by atoms with Crippen LogP contribution in [-0.2, 0) is 4.84 Å². The van der Waals surface area contributed by atoms with E-state index in [2.05, 4.69) is 10.4 Å². The number of benzene rings is 1. The lowest BCUT2D eigenvalue weighted by Gasteiger charge is -2.26. The second-order valence-corrected chi connectivity index (χ2v) is 5.74. The van der Waals surface area contributed by atoms with E-state index in [0.717, 1.165) is 29.5 Å². The van der Waals surface area contributed by atoms with Crippen LogP contribution in [0.2, 0.25) is 0 Å². The molecule has 0 saturated carbocycles. The van der Waals surface area contributed by atoms with Gasteiger partial charge in [-0.15, -0.1) is 0 Å². The quantitative estimate of drug-likeness (QED) is 0.669. The SMILES string of the molecule is C/C(NOCCN1CCCCC1)=C1/COc2ccccc2O1. The van der Waals surface area contributed by atoms with Crippen molar-refractivity contribution in [3.63, 3.8) is 0 Å². The van der Waals surface area contributed by atoms with Gasteiger partial charge >= 0.3 is 0 Å². The Morgan fingerprint density at radius 1 is 1.18 bits per heavy atom. The van der Waals surface area contributed by atoms with Gasteiger partial charge in [0.1, 0.15) is 6.61 Å². The summed E-state index contributed by atoms with van der Waals surface area (Å²) in [7, 11) is 0. The predicted molar refractivity (Wildman–Crippen MR) is 84.6 cm³/mol. The number of para-hydroxylation sites is 2. The fourth-order valence-corrected chi connectivity index (χ4v) is 2.72. The van der Waals surface area contributed by atoms with Crippen LogP contribution < -0.4 is 15.0 Å². The molecule has 0 amide bonds. The highest BCUT2D eigenvalue weighted by Crippen LogP contribution is 2.32. The Balaban J connectivity index is 1.44. The molecule has 120 valence electrons. The maximum atomic E-state index is 5.84. The molecule has 2 aliphatic rings. The van der Waals surface area contributed by atoms with Crippen LogP contribution >= 0.6 is 0 Å². The molecule has 3 rings (SSSR count). The van der Waals surface area contributed by atoms with Crippen molar-refractivity contribution in [2.45, 2.75) is 26.2 Å². The van der Waals surface area contributed by atoms with Gasteiger partial charge in [0.2, 0.25) is 0 Å². The molecular formula is C17H24N2O3. The largest absolute Gasteiger partial charge is 0.482 e. The van der Waals surface area contributed by atoms with Crippen LogP contribution in [0.3, 0.4) is 0 Å². The second-order valence-electron chi connectivity index (χ2n) is 5.74. The fraction of sp³-hybridized carbons (Fsp3) is 0.529. The minimum absolute atomic E-state index is 0.422. The van der Waals surface area contributed by atoms with E-state index in [0.29, 0.717) is 13.2 Å². The van der Waals surface area contributed by atoms with E-state index < -0.39 is 0 Å². The summed E-state index contributed by atoms with van der Waals surface area (Å²) in [5.74, 6) is 2.29. The maximum absolute atomic E-state index is 5.84. The average molecular weight is 304 g/mol. The number of nitrogens with one attached hydrogen (secondary N) is 1. The monoisotopic (exact) mass is 304 g/mol. The highest BCUT2D eigenvalue weighted by molar-refractivity contribution is 5.42. The molecule has 1 aromatic carbocycles. The van der Waals surface area contributed by atoms with Crippen molar-refractivity contribution in [2.75, 3.05) is 32.8 Å². The first-order chi connectivity index (χ1) is 10.8. The maximum Gasteiger partial charge on any atom is 0.169 e. The van der Waals surface area contributed by atoms with Crippen molar-refractivity contribution in [3.8, 4) is 11.5 Å². The third kappa shape index (κ3) is 3.93. The van der Waals surface area contributed by atoms with E-state index in [1.807, 2.05) is 31.2 Å². The lowest BCUT2D eigenvalue weighted by atomic mass is 10.1. The molecule has 0 aliphatic carbocycles. The number of piperidine rings is 1. The number of hydrogen-bond acceptors (Lipinski definition) is 5. The first kappa shape index (κ1) is 15.2. The summed E-state index contributed by atoms with van der Waals surface area (Å²) in [6, 6.07) is 7.68. The molecule has 2 heterocycles. The van der Waals surface area contributed by atoms with Crippen LogP contribution in [0, 0.1) is 0 Å². The molecule has 1 saturated heterocycles. The smallest absolute Gasteiger partial charge is 0.169 e. The Labute approximate surface area is 131 Å². The number of rotatable bonds is 5. The molecule has 0 unspecified atom stereocenters. The summed E-state index contributed by atoms with van der Waals surface area (Å²) >= 11 is 0. The van der Waals surface area contributed by atoms with Crippen LogP contribution in [0.5, 0.6) is 11.5 Å². The number of ether oxygens (including phenoxy) is 2. The Morgan fingerprint density at radius 3 is 2.77 bits per heavy atom. The van der Waals surface area contributed by atoms with Gasteiger partial charge in [-0.3, -0.25) is 10.3 Å². The summed E-state index contributed by atoms with van der Waals surface area (Å²) in [6.45, 7) is 6.38. The van der Waals surface area contributed by atoms with E-state index >= 15 is 0 Å².